The number of Topliss-reactive ketones (excluding diaryl/α,β-unsaturated/α-hetero) is 2. The summed E-state index contributed by atoms with van der Waals surface area (Å²) in [6.45, 7) is 8.65. The topological polar surface area (TPSA) is 69.2 Å². The predicted octanol–water partition coefficient (Wildman–Crippen LogP) is 3.65. The van der Waals surface area contributed by atoms with E-state index in [9.17, 15) is 9.59 Å². The number of hydrogen-bond acceptors (Lipinski definition) is 5. The third-order valence-electron chi connectivity index (χ3n) is 4.16. The second kappa shape index (κ2) is 6.08. The van der Waals surface area contributed by atoms with Gasteiger partial charge in [-0.1, -0.05) is 18.2 Å². The van der Waals surface area contributed by atoms with E-state index < -0.39 is 17.3 Å². The number of halogens is 1. The minimum atomic E-state index is -1.13. The molecule has 128 valence electrons. The van der Waals surface area contributed by atoms with E-state index in [1.54, 1.807) is 51.2 Å². The molecule has 0 amide bonds. The van der Waals surface area contributed by atoms with Gasteiger partial charge < -0.3 is 4.74 Å². The Balaban J connectivity index is 2.11. The van der Waals surface area contributed by atoms with Crippen LogP contribution in [-0.4, -0.2) is 27.1 Å². The molecule has 1 unspecified atom stereocenters. The van der Waals surface area contributed by atoms with Crippen LogP contribution in [0.2, 0.25) is 5.02 Å². The van der Waals surface area contributed by atoms with Crippen molar-refractivity contribution < 1.29 is 14.3 Å². The van der Waals surface area contributed by atoms with Gasteiger partial charge in [-0.25, -0.2) is 9.97 Å². The number of allylic oxidation sites excluding steroid dienone is 1. The monoisotopic (exact) mass is 356 g/mol. The zero-order valence-electron chi connectivity index (χ0n) is 14.2. The lowest BCUT2D eigenvalue weighted by Gasteiger charge is -2.34. The van der Waals surface area contributed by atoms with Crippen LogP contribution in [0.5, 0.6) is 0 Å². The summed E-state index contributed by atoms with van der Waals surface area (Å²) < 4.78 is 5.37. The first kappa shape index (κ1) is 17.3. The standard InChI is InChI=1S/C19H17ClN2O3/c1-10-9-21-18(12-5-7-13(20)8-6-12)22-15(10)14-16(23)11(2)25-19(3,4)17(14)24/h5-9,14H,2H2,1,3-4H3. The fourth-order valence-electron chi connectivity index (χ4n) is 2.77. The number of ketones is 2. The average molecular weight is 357 g/mol. The first-order valence-corrected chi connectivity index (χ1v) is 8.14. The smallest absolute Gasteiger partial charge is 0.213 e. The predicted molar refractivity (Wildman–Crippen MR) is 94.3 cm³/mol. The fraction of sp³-hybridized carbons (Fsp3) is 0.263. The molecule has 6 heteroatoms. The zero-order chi connectivity index (χ0) is 18.4. The second-order valence-electron chi connectivity index (χ2n) is 6.47. The van der Waals surface area contributed by atoms with Gasteiger partial charge >= 0.3 is 0 Å². The number of aryl methyl sites for hydroxylation is 1. The van der Waals surface area contributed by atoms with E-state index >= 15 is 0 Å². The highest BCUT2D eigenvalue weighted by molar-refractivity contribution is 6.30. The molecule has 1 aromatic heterocycles. The maximum absolute atomic E-state index is 12.8. The maximum atomic E-state index is 12.8. The van der Waals surface area contributed by atoms with E-state index in [-0.39, 0.29) is 11.5 Å². The number of ether oxygens (including phenoxy) is 1. The first-order valence-electron chi connectivity index (χ1n) is 7.76. The number of hydrogen-bond donors (Lipinski definition) is 0. The Morgan fingerprint density at radius 1 is 1.20 bits per heavy atom. The molecule has 0 bridgehead atoms. The third-order valence-corrected chi connectivity index (χ3v) is 4.41. The molecule has 2 aromatic rings. The number of carbonyl (C=O) groups is 2. The van der Waals surface area contributed by atoms with Crippen LogP contribution < -0.4 is 0 Å². The highest BCUT2D eigenvalue weighted by atomic mass is 35.5. The van der Waals surface area contributed by atoms with Gasteiger partial charge in [0.25, 0.3) is 0 Å². The van der Waals surface area contributed by atoms with Gasteiger partial charge in [-0.2, -0.15) is 0 Å². The van der Waals surface area contributed by atoms with E-state index in [4.69, 9.17) is 16.3 Å². The molecule has 0 spiro atoms. The van der Waals surface area contributed by atoms with Gasteiger partial charge in [-0.05, 0) is 50.6 Å². The third kappa shape index (κ3) is 3.07. The van der Waals surface area contributed by atoms with Crippen molar-refractivity contribution in [1.29, 1.82) is 0 Å². The molecule has 0 N–H and O–H groups in total. The maximum Gasteiger partial charge on any atom is 0.213 e. The van der Waals surface area contributed by atoms with E-state index in [2.05, 4.69) is 16.5 Å². The number of rotatable bonds is 2. The molecule has 0 radical (unpaired) electrons. The molecule has 1 aliphatic heterocycles. The van der Waals surface area contributed by atoms with Gasteiger partial charge in [0.1, 0.15) is 5.92 Å². The Hall–Kier alpha value is -2.53. The summed E-state index contributed by atoms with van der Waals surface area (Å²) in [6.07, 6.45) is 1.61. The molecule has 2 heterocycles. The number of aromatic nitrogens is 2. The highest BCUT2D eigenvalue weighted by Crippen LogP contribution is 2.35. The highest BCUT2D eigenvalue weighted by Gasteiger charge is 2.48. The molecular formula is C19H17ClN2O3. The van der Waals surface area contributed by atoms with Gasteiger partial charge in [0.15, 0.2) is 23.0 Å². The first-order chi connectivity index (χ1) is 11.7. The van der Waals surface area contributed by atoms with Crippen molar-refractivity contribution in [2.45, 2.75) is 32.3 Å². The van der Waals surface area contributed by atoms with E-state index in [0.29, 0.717) is 22.1 Å². The number of carbonyl (C=O) groups excluding carboxylic acids is 2. The number of benzene rings is 1. The Bertz CT molecular complexity index is 888. The fourth-order valence-corrected chi connectivity index (χ4v) is 2.90. The summed E-state index contributed by atoms with van der Waals surface area (Å²) in [6, 6.07) is 7.03. The van der Waals surface area contributed by atoms with E-state index in [1.165, 1.54) is 0 Å². The normalized spacial score (nSPS) is 19.7. The molecule has 5 nitrogen and oxygen atoms in total. The quantitative estimate of drug-likeness (QED) is 0.606. The van der Waals surface area contributed by atoms with Crippen LogP contribution in [0.1, 0.15) is 31.0 Å². The Kier molecular flexibility index (Phi) is 4.21. The minimum absolute atomic E-state index is 0.0272. The molecule has 3 rings (SSSR count). The minimum Gasteiger partial charge on any atom is -0.477 e. The van der Waals surface area contributed by atoms with Crippen molar-refractivity contribution in [3.8, 4) is 11.4 Å². The largest absolute Gasteiger partial charge is 0.477 e. The van der Waals surface area contributed by atoms with E-state index in [1.807, 2.05) is 0 Å². The average Bonchev–Trinajstić information content (AvgIpc) is 2.55. The summed E-state index contributed by atoms with van der Waals surface area (Å²) in [4.78, 5) is 34.1. The lowest BCUT2D eigenvalue weighted by Crippen LogP contribution is -2.47. The molecule has 1 saturated heterocycles. The lowest BCUT2D eigenvalue weighted by atomic mass is 9.81. The summed E-state index contributed by atoms with van der Waals surface area (Å²) in [5, 5.41) is 0.601. The van der Waals surface area contributed by atoms with Crippen LogP contribution in [0.4, 0.5) is 0 Å². The van der Waals surface area contributed by atoms with Crippen LogP contribution in [0.25, 0.3) is 11.4 Å². The van der Waals surface area contributed by atoms with Gasteiger partial charge in [-0.3, -0.25) is 9.59 Å². The van der Waals surface area contributed by atoms with Crippen LogP contribution >= 0.6 is 11.6 Å². The van der Waals surface area contributed by atoms with Crippen molar-refractivity contribution >= 4 is 23.2 Å². The van der Waals surface area contributed by atoms with Gasteiger partial charge in [0, 0.05) is 16.8 Å². The Morgan fingerprint density at radius 2 is 1.84 bits per heavy atom. The molecule has 1 fully saturated rings. The van der Waals surface area contributed by atoms with Crippen molar-refractivity contribution in [3.05, 3.63) is 59.1 Å². The van der Waals surface area contributed by atoms with Gasteiger partial charge in [-0.15, -0.1) is 0 Å². The summed E-state index contributed by atoms with van der Waals surface area (Å²) in [7, 11) is 0. The molecular weight excluding hydrogens is 340 g/mol. The van der Waals surface area contributed by atoms with Crippen LogP contribution in [-0.2, 0) is 14.3 Å². The van der Waals surface area contributed by atoms with Crippen LogP contribution in [0, 0.1) is 6.92 Å². The van der Waals surface area contributed by atoms with Gasteiger partial charge in [0.2, 0.25) is 5.78 Å². The molecule has 25 heavy (non-hydrogen) atoms. The van der Waals surface area contributed by atoms with Crippen molar-refractivity contribution in [1.82, 2.24) is 9.97 Å². The summed E-state index contributed by atoms with van der Waals surface area (Å²) in [5.41, 5.74) is 0.658. The SMILES string of the molecule is C=C1OC(C)(C)C(=O)C(c2nc(-c3ccc(Cl)cc3)ncc2C)C1=O. The molecule has 1 aromatic carbocycles. The molecule has 0 aliphatic carbocycles. The second-order valence-corrected chi connectivity index (χ2v) is 6.90. The Labute approximate surface area is 150 Å². The Morgan fingerprint density at radius 3 is 2.48 bits per heavy atom. The van der Waals surface area contributed by atoms with Crippen molar-refractivity contribution in [2.75, 3.05) is 0 Å². The van der Waals surface area contributed by atoms with Crippen molar-refractivity contribution in [2.24, 2.45) is 0 Å². The zero-order valence-corrected chi connectivity index (χ0v) is 14.9. The summed E-state index contributed by atoms with van der Waals surface area (Å²) >= 11 is 5.91. The lowest BCUT2D eigenvalue weighted by molar-refractivity contribution is -0.150. The molecule has 0 saturated carbocycles. The van der Waals surface area contributed by atoms with Crippen LogP contribution in [0.15, 0.2) is 42.8 Å². The van der Waals surface area contributed by atoms with Gasteiger partial charge in [0.05, 0.1) is 5.69 Å². The van der Waals surface area contributed by atoms with Crippen LogP contribution in [0.3, 0.4) is 0 Å². The number of nitrogens with zero attached hydrogens (tertiary/aromatic N) is 2. The van der Waals surface area contributed by atoms with Crippen molar-refractivity contribution in [3.63, 3.8) is 0 Å². The molecule has 1 aliphatic rings. The van der Waals surface area contributed by atoms with E-state index in [0.717, 1.165) is 5.56 Å². The summed E-state index contributed by atoms with van der Waals surface area (Å²) in [5.74, 6) is -1.44. The molecule has 1 atom stereocenters.